The van der Waals surface area contributed by atoms with Crippen molar-refractivity contribution in [3.63, 3.8) is 0 Å². The van der Waals surface area contributed by atoms with Gasteiger partial charge in [-0.3, -0.25) is 9.78 Å². The summed E-state index contributed by atoms with van der Waals surface area (Å²) in [6.07, 6.45) is 2.41. The second kappa shape index (κ2) is 7.22. The molecule has 124 valence electrons. The number of hydrogen-bond acceptors (Lipinski definition) is 6. The summed E-state index contributed by atoms with van der Waals surface area (Å²) in [4.78, 5) is 30.5. The quantitative estimate of drug-likeness (QED) is 0.764. The number of carbonyl (C=O) groups excluding carboxylic acids is 2. The molecule has 0 aliphatic heterocycles. The summed E-state index contributed by atoms with van der Waals surface area (Å²) in [6, 6.07) is 15.9. The van der Waals surface area contributed by atoms with Crippen LogP contribution in [0.1, 0.15) is 21.0 Å². The van der Waals surface area contributed by atoms with Gasteiger partial charge < -0.3 is 20.0 Å². The van der Waals surface area contributed by atoms with Gasteiger partial charge >= 0.3 is 0 Å². The van der Waals surface area contributed by atoms with E-state index < -0.39 is 17.6 Å². The first-order valence-electron chi connectivity index (χ1n) is 7.30. The van der Waals surface area contributed by atoms with Gasteiger partial charge in [0.15, 0.2) is 5.69 Å². The normalized spacial score (nSPS) is 10.1. The van der Waals surface area contributed by atoms with Gasteiger partial charge in [-0.05, 0) is 36.4 Å². The van der Waals surface area contributed by atoms with Crippen LogP contribution in [0.3, 0.4) is 0 Å². The van der Waals surface area contributed by atoms with Crippen LogP contribution < -0.4 is 15.2 Å². The first-order chi connectivity index (χ1) is 12.1. The Bertz CT molecular complexity index is 896. The van der Waals surface area contributed by atoms with Crippen LogP contribution in [0.2, 0.25) is 0 Å². The van der Waals surface area contributed by atoms with Gasteiger partial charge in [0.05, 0.1) is 5.97 Å². The Labute approximate surface area is 142 Å². The number of anilines is 1. The Morgan fingerprint density at radius 3 is 2.08 bits per heavy atom. The van der Waals surface area contributed by atoms with E-state index in [-0.39, 0.29) is 5.69 Å². The number of aromatic carboxylic acids is 1. The number of carbonyl (C=O) groups is 2. The molecule has 0 radical (unpaired) electrons. The van der Waals surface area contributed by atoms with Gasteiger partial charge in [0, 0.05) is 18.1 Å². The number of nitrogens with zero attached hydrogens (tertiary/aromatic N) is 2. The van der Waals surface area contributed by atoms with Crippen molar-refractivity contribution in [1.29, 1.82) is 0 Å². The number of amides is 1. The molecule has 0 atom stereocenters. The fraction of sp³-hybridized carbons (Fsp3) is 0. The van der Waals surface area contributed by atoms with Crippen molar-refractivity contribution in [3.8, 4) is 11.5 Å². The van der Waals surface area contributed by atoms with E-state index in [0.717, 1.165) is 0 Å². The summed E-state index contributed by atoms with van der Waals surface area (Å²) >= 11 is 0. The van der Waals surface area contributed by atoms with Crippen LogP contribution in [0.15, 0.2) is 67.0 Å². The molecule has 3 aromatic rings. The van der Waals surface area contributed by atoms with Gasteiger partial charge in [-0.2, -0.15) is 0 Å². The van der Waals surface area contributed by atoms with E-state index >= 15 is 0 Å². The highest BCUT2D eigenvalue weighted by atomic mass is 16.5. The van der Waals surface area contributed by atoms with Gasteiger partial charge in [0.2, 0.25) is 0 Å². The molecule has 0 aliphatic rings. The molecule has 1 aromatic heterocycles. The van der Waals surface area contributed by atoms with Crippen LogP contribution >= 0.6 is 0 Å². The molecule has 7 nitrogen and oxygen atoms in total. The lowest BCUT2D eigenvalue weighted by atomic mass is 10.2. The third kappa shape index (κ3) is 3.97. The van der Waals surface area contributed by atoms with Crippen LogP contribution in [0.4, 0.5) is 5.69 Å². The lowest BCUT2D eigenvalue weighted by Crippen LogP contribution is -2.28. The topological polar surface area (TPSA) is 104 Å². The van der Waals surface area contributed by atoms with Crippen molar-refractivity contribution in [1.82, 2.24) is 9.97 Å². The molecule has 1 amide bonds. The Balaban J connectivity index is 1.71. The zero-order valence-electron chi connectivity index (χ0n) is 12.9. The molecular weight excluding hydrogens is 322 g/mol. The molecule has 7 heteroatoms. The summed E-state index contributed by atoms with van der Waals surface area (Å²) in [6.45, 7) is 0. The van der Waals surface area contributed by atoms with Gasteiger partial charge in [-0.1, -0.05) is 18.2 Å². The molecule has 0 saturated carbocycles. The van der Waals surface area contributed by atoms with Crippen molar-refractivity contribution in [2.75, 3.05) is 5.32 Å². The second-order valence-electron chi connectivity index (χ2n) is 4.93. The first kappa shape index (κ1) is 16.1. The molecule has 0 fully saturated rings. The first-order valence-corrected chi connectivity index (χ1v) is 7.30. The highest BCUT2D eigenvalue weighted by Gasteiger charge is 2.15. The fourth-order valence-corrected chi connectivity index (χ4v) is 2.07. The van der Waals surface area contributed by atoms with E-state index in [1.807, 2.05) is 30.3 Å². The number of ether oxygens (including phenoxy) is 1. The SMILES string of the molecule is O=C([O-])c1nccnc1C(=O)Nc1ccc(Oc2ccccc2)cc1. The smallest absolute Gasteiger partial charge is 0.276 e. The number of hydrogen-bond donors (Lipinski definition) is 1. The molecule has 3 rings (SSSR count). The predicted molar refractivity (Wildman–Crippen MR) is 87.3 cm³/mol. The third-order valence-corrected chi connectivity index (χ3v) is 3.20. The van der Waals surface area contributed by atoms with Gasteiger partial charge in [-0.15, -0.1) is 0 Å². The summed E-state index contributed by atoms with van der Waals surface area (Å²) in [5.41, 5.74) is -0.364. The Morgan fingerprint density at radius 2 is 1.44 bits per heavy atom. The Hall–Kier alpha value is -3.74. The number of nitrogens with one attached hydrogen (secondary N) is 1. The van der Waals surface area contributed by atoms with Crippen molar-refractivity contribution in [2.24, 2.45) is 0 Å². The monoisotopic (exact) mass is 334 g/mol. The summed E-state index contributed by atoms with van der Waals surface area (Å²) in [5.74, 6) is -0.967. The minimum Gasteiger partial charge on any atom is -0.543 e. The predicted octanol–water partition coefficient (Wildman–Crippen LogP) is 1.88. The largest absolute Gasteiger partial charge is 0.543 e. The van der Waals surface area contributed by atoms with E-state index in [1.165, 1.54) is 12.4 Å². The molecule has 1 heterocycles. The number of aromatic nitrogens is 2. The maximum Gasteiger partial charge on any atom is 0.276 e. The van der Waals surface area contributed by atoms with Crippen LogP contribution in [0.5, 0.6) is 11.5 Å². The Kier molecular flexibility index (Phi) is 4.66. The van der Waals surface area contributed by atoms with Crippen molar-refractivity contribution >= 4 is 17.6 Å². The van der Waals surface area contributed by atoms with E-state index in [4.69, 9.17) is 4.74 Å². The van der Waals surface area contributed by atoms with Crippen molar-refractivity contribution < 1.29 is 19.4 Å². The number of benzene rings is 2. The average Bonchev–Trinajstić information content (AvgIpc) is 2.64. The molecular formula is C18H12N3O4-. The third-order valence-electron chi connectivity index (χ3n) is 3.20. The van der Waals surface area contributed by atoms with Gasteiger partial charge in [0.1, 0.15) is 17.2 Å². The lowest BCUT2D eigenvalue weighted by molar-refractivity contribution is -0.255. The number of carboxylic acids is 1. The summed E-state index contributed by atoms with van der Waals surface area (Å²) in [5, 5.41) is 13.5. The van der Waals surface area contributed by atoms with Crippen LogP contribution in [-0.4, -0.2) is 21.8 Å². The highest BCUT2D eigenvalue weighted by Crippen LogP contribution is 2.22. The summed E-state index contributed by atoms with van der Waals surface area (Å²) in [7, 11) is 0. The average molecular weight is 334 g/mol. The van der Waals surface area contributed by atoms with E-state index in [2.05, 4.69) is 15.3 Å². The number of rotatable bonds is 5. The number of carboxylic acid groups (broad SMARTS) is 1. The maximum absolute atomic E-state index is 12.2. The minimum absolute atomic E-state index is 0.313. The van der Waals surface area contributed by atoms with E-state index in [9.17, 15) is 14.7 Å². The zero-order valence-corrected chi connectivity index (χ0v) is 12.9. The van der Waals surface area contributed by atoms with Gasteiger partial charge in [-0.25, -0.2) is 4.98 Å². The van der Waals surface area contributed by atoms with Crippen molar-refractivity contribution in [2.45, 2.75) is 0 Å². The minimum atomic E-state index is -1.56. The van der Waals surface area contributed by atoms with E-state index in [0.29, 0.717) is 17.2 Å². The molecule has 0 unspecified atom stereocenters. The highest BCUT2D eigenvalue weighted by molar-refractivity contribution is 6.08. The molecule has 1 N–H and O–H groups in total. The Morgan fingerprint density at radius 1 is 0.840 bits per heavy atom. The number of para-hydroxylation sites is 1. The standard InChI is InChI=1S/C18H13N3O4/c22-17(15-16(18(23)24)20-11-10-19-15)21-12-6-8-14(9-7-12)25-13-4-2-1-3-5-13/h1-11H,(H,21,22)(H,23,24)/p-1. The molecule has 0 saturated heterocycles. The molecule has 2 aromatic carbocycles. The van der Waals surface area contributed by atoms with E-state index in [1.54, 1.807) is 24.3 Å². The van der Waals surface area contributed by atoms with Crippen LogP contribution in [-0.2, 0) is 0 Å². The molecule has 0 aliphatic carbocycles. The fourth-order valence-electron chi connectivity index (χ4n) is 2.07. The maximum atomic E-state index is 12.2. The molecule has 25 heavy (non-hydrogen) atoms. The van der Waals surface area contributed by atoms with Crippen molar-refractivity contribution in [3.05, 3.63) is 78.4 Å². The second-order valence-corrected chi connectivity index (χ2v) is 4.93. The van der Waals surface area contributed by atoms with Crippen LogP contribution in [0.25, 0.3) is 0 Å². The molecule has 0 spiro atoms. The lowest BCUT2D eigenvalue weighted by Gasteiger charge is -2.10. The van der Waals surface area contributed by atoms with Gasteiger partial charge in [0.25, 0.3) is 5.91 Å². The zero-order chi connectivity index (χ0) is 17.6. The summed E-state index contributed by atoms with van der Waals surface area (Å²) < 4.78 is 5.65. The molecule has 0 bridgehead atoms. The van der Waals surface area contributed by atoms with Crippen LogP contribution in [0, 0.1) is 0 Å².